The van der Waals surface area contributed by atoms with Crippen LogP contribution in [-0.2, 0) is 0 Å². The molecule has 2 aromatic heterocycles. The summed E-state index contributed by atoms with van der Waals surface area (Å²) in [6.07, 6.45) is 2.67. The number of nitrogens with zero attached hydrogens (tertiary/aromatic N) is 6. The molecule has 0 spiro atoms. The SMILES string of the molecule is Nc1nc(Nc2ccc(F)cc2F)nc(-n2cncn2)n1. The minimum Gasteiger partial charge on any atom is -0.368 e. The van der Waals surface area contributed by atoms with Gasteiger partial charge < -0.3 is 11.1 Å². The molecule has 0 aliphatic carbocycles. The van der Waals surface area contributed by atoms with Crippen LogP contribution in [0.1, 0.15) is 0 Å². The van der Waals surface area contributed by atoms with Crippen molar-refractivity contribution in [2.75, 3.05) is 11.1 Å². The highest BCUT2D eigenvalue weighted by Crippen LogP contribution is 2.19. The van der Waals surface area contributed by atoms with Gasteiger partial charge in [-0.1, -0.05) is 0 Å². The Hall–Kier alpha value is -3.17. The van der Waals surface area contributed by atoms with Crippen molar-refractivity contribution in [3.8, 4) is 5.95 Å². The van der Waals surface area contributed by atoms with Crippen LogP contribution in [0.3, 0.4) is 0 Å². The predicted molar refractivity (Wildman–Crippen MR) is 68.8 cm³/mol. The number of hydrogen-bond donors (Lipinski definition) is 2. The van der Waals surface area contributed by atoms with Crippen molar-refractivity contribution in [3.63, 3.8) is 0 Å². The van der Waals surface area contributed by atoms with E-state index in [9.17, 15) is 8.78 Å². The molecule has 106 valence electrons. The Kier molecular flexibility index (Phi) is 3.10. The summed E-state index contributed by atoms with van der Waals surface area (Å²) in [5.74, 6) is -1.43. The van der Waals surface area contributed by atoms with Crippen LogP contribution >= 0.6 is 0 Å². The van der Waals surface area contributed by atoms with Crippen molar-refractivity contribution < 1.29 is 8.78 Å². The zero-order valence-electron chi connectivity index (χ0n) is 10.4. The summed E-state index contributed by atoms with van der Waals surface area (Å²) < 4.78 is 27.7. The lowest BCUT2D eigenvalue weighted by Gasteiger charge is -2.07. The van der Waals surface area contributed by atoms with E-state index in [0.29, 0.717) is 0 Å². The lowest BCUT2D eigenvalue weighted by atomic mass is 10.3. The summed E-state index contributed by atoms with van der Waals surface area (Å²) in [7, 11) is 0. The van der Waals surface area contributed by atoms with Gasteiger partial charge in [-0.3, -0.25) is 0 Å². The lowest BCUT2D eigenvalue weighted by molar-refractivity contribution is 0.586. The molecule has 0 aliphatic rings. The van der Waals surface area contributed by atoms with Gasteiger partial charge in [-0.25, -0.2) is 13.8 Å². The summed E-state index contributed by atoms with van der Waals surface area (Å²) in [5.41, 5.74) is 5.57. The molecule has 3 aromatic rings. The monoisotopic (exact) mass is 290 g/mol. The van der Waals surface area contributed by atoms with Gasteiger partial charge in [0.2, 0.25) is 11.9 Å². The first-order chi connectivity index (χ1) is 10.1. The number of hydrogen-bond acceptors (Lipinski definition) is 7. The van der Waals surface area contributed by atoms with Gasteiger partial charge >= 0.3 is 0 Å². The molecule has 3 rings (SSSR count). The Labute approximate surface area is 116 Å². The fourth-order valence-electron chi connectivity index (χ4n) is 1.56. The minimum absolute atomic E-state index is 0.00138. The number of rotatable bonds is 3. The van der Waals surface area contributed by atoms with Crippen molar-refractivity contribution in [3.05, 3.63) is 42.5 Å². The molecule has 8 nitrogen and oxygen atoms in total. The number of benzene rings is 1. The second kappa shape index (κ2) is 5.07. The smallest absolute Gasteiger partial charge is 0.258 e. The van der Waals surface area contributed by atoms with E-state index < -0.39 is 11.6 Å². The normalized spacial score (nSPS) is 10.6. The Balaban J connectivity index is 1.95. The van der Waals surface area contributed by atoms with E-state index in [1.54, 1.807) is 0 Å². The molecule has 0 atom stereocenters. The number of anilines is 3. The van der Waals surface area contributed by atoms with Crippen molar-refractivity contribution >= 4 is 17.6 Å². The molecule has 0 saturated heterocycles. The minimum atomic E-state index is -0.781. The van der Waals surface area contributed by atoms with E-state index in [1.165, 1.54) is 23.4 Å². The molecule has 0 unspecified atom stereocenters. The summed E-state index contributed by atoms with van der Waals surface area (Å²) in [6.45, 7) is 0. The highest BCUT2D eigenvalue weighted by atomic mass is 19.1. The highest BCUT2D eigenvalue weighted by molar-refractivity contribution is 5.55. The quantitative estimate of drug-likeness (QED) is 0.742. The summed E-state index contributed by atoms with van der Waals surface area (Å²) in [4.78, 5) is 15.5. The first-order valence-corrected chi connectivity index (χ1v) is 5.70. The van der Waals surface area contributed by atoms with Gasteiger partial charge in [0, 0.05) is 6.07 Å². The second-order valence-electron chi connectivity index (χ2n) is 3.91. The lowest BCUT2D eigenvalue weighted by Crippen LogP contribution is -2.10. The van der Waals surface area contributed by atoms with Crippen molar-refractivity contribution in [1.82, 2.24) is 29.7 Å². The Bertz CT molecular complexity index is 774. The molecule has 0 radical (unpaired) electrons. The average molecular weight is 290 g/mol. The highest BCUT2D eigenvalue weighted by Gasteiger charge is 2.10. The number of nitrogens with one attached hydrogen (secondary N) is 1. The van der Waals surface area contributed by atoms with Crippen LogP contribution in [-0.4, -0.2) is 29.7 Å². The molecule has 0 amide bonds. The summed E-state index contributed by atoms with van der Waals surface area (Å²) in [6, 6.07) is 3.07. The van der Waals surface area contributed by atoms with E-state index in [0.717, 1.165) is 12.1 Å². The molecule has 21 heavy (non-hydrogen) atoms. The van der Waals surface area contributed by atoms with Crippen LogP contribution < -0.4 is 11.1 Å². The summed E-state index contributed by atoms with van der Waals surface area (Å²) in [5, 5.41) is 6.45. The third-order valence-corrected chi connectivity index (χ3v) is 2.44. The fourth-order valence-corrected chi connectivity index (χ4v) is 1.56. The van der Waals surface area contributed by atoms with Crippen LogP contribution in [0.25, 0.3) is 5.95 Å². The Morgan fingerprint density at radius 3 is 2.71 bits per heavy atom. The molecule has 0 saturated carbocycles. The maximum Gasteiger partial charge on any atom is 0.258 e. The van der Waals surface area contributed by atoms with E-state index >= 15 is 0 Å². The van der Waals surface area contributed by atoms with Gasteiger partial charge in [-0.05, 0) is 12.1 Å². The first kappa shape index (κ1) is 12.8. The first-order valence-electron chi connectivity index (χ1n) is 5.70. The van der Waals surface area contributed by atoms with E-state index in [4.69, 9.17) is 5.73 Å². The van der Waals surface area contributed by atoms with E-state index in [-0.39, 0.29) is 23.5 Å². The zero-order valence-corrected chi connectivity index (χ0v) is 10.4. The van der Waals surface area contributed by atoms with Crippen LogP contribution in [0.2, 0.25) is 0 Å². The number of halogens is 2. The van der Waals surface area contributed by atoms with Crippen LogP contribution in [0.4, 0.5) is 26.4 Å². The maximum atomic E-state index is 13.6. The van der Waals surface area contributed by atoms with Crippen molar-refractivity contribution in [1.29, 1.82) is 0 Å². The molecule has 10 heteroatoms. The van der Waals surface area contributed by atoms with Crippen molar-refractivity contribution in [2.24, 2.45) is 0 Å². The van der Waals surface area contributed by atoms with Gasteiger partial charge in [0.25, 0.3) is 5.95 Å². The number of aromatic nitrogens is 6. The van der Waals surface area contributed by atoms with Crippen LogP contribution in [0.5, 0.6) is 0 Å². The standard InChI is InChI=1S/C11H8F2N8/c12-6-1-2-8(7(13)3-6)17-10-18-9(14)19-11(20-10)21-5-15-4-16-21/h1-5H,(H3,14,17,18,19,20). The van der Waals surface area contributed by atoms with Gasteiger partial charge in [0.15, 0.2) is 0 Å². The maximum absolute atomic E-state index is 13.6. The van der Waals surface area contributed by atoms with Gasteiger partial charge in [-0.15, -0.1) is 0 Å². The number of nitrogens with two attached hydrogens (primary N) is 1. The third-order valence-electron chi connectivity index (χ3n) is 2.44. The number of nitrogen functional groups attached to an aromatic ring is 1. The predicted octanol–water partition coefficient (Wildman–Crippen LogP) is 1.06. The van der Waals surface area contributed by atoms with Gasteiger partial charge in [0.05, 0.1) is 5.69 Å². The van der Waals surface area contributed by atoms with Crippen LogP contribution in [0.15, 0.2) is 30.9 Å². The molecule has 0 fully saturated rings. The average Bonchev–Trinajstić information content (AvgIpc) is 2.95. The fraction of sp³-hybridized carbons (Fsp3) is 0. The molecule has 2 heterocycles. The van der Waals surface area contributed by atoms with Gasteiger partial charge in [0.1, 0.15) is 24.3 Å². The molecule has 0 bridgehead atoms. The zero-order chi connectivity index (χ0) is 14.8. The summed E-state index contributed by atoms with van der Waals surface area (Å²) >= 11 is 0. The molecular weight excluding hydrogens is 282 g/mol. The Morgan fingerprint density at radius 2 is 2.00 bits per heavy atom. The Morgan fingerprint density at radius 1 is 1.14 bits per heavy atom. The molecule has 3 N–H and O–H groups in total. The topological polar surface area (TPSA) is 107 Å². The van der Waals surface area contributed by atoms with E-state index in [1.807, 2.05) is 0 Å². The second-order valence-corrected chi connectivity index (χ2v) is 3.91. The van der Waals surface area contributed by atoms with Gasteiger partial charge in [-0.2, -0.15) is 24.7 Å². The van der Waals surface area contributed by atoms with Crippen LogP contribution in [0, 0.1) is 11.6 Å². The molecular formula is C11H8F2N8. The van der Waals surface area contributed by atoms with E-state index in [2.05, 4.69) is 30.4 Å². The third kappa shape index (κ3) is 2.73. The van der Waals surface area contributed by atoms with Crippen molar-refractivity contribution in [2.45, 2.75) is 0 Å². The molecule has 0 aliphatic heterocycles. The largest absolute Gasteiger partial charge is 0.368 e. The molecule has 1 aromatic carbocycles.